The van der Waals surface area contributed by atoms with Crippen molar-refractivity contribution in [1.82, 2.24) is 15.6 Å². The number of pyridine rings is 1. The van der Waals surface area contributed by atoms with Gasteiger partial charge < -0.3 is 25.4 Å². The molecule has 0 saturated carbocycles. The minimum absolute atomic E-state index is 0.631. The molecule has 0 saturated heterocycles. The molecule has 1 heterocycles. The zero-order valence-corrected chi connectivity index (χ0v) is 16.3. The molecule has 7 heteroatoms. The van der Waals surface area contributed by atoms with E-state index in [1.54, 1.807) is 7.11 Å². The topological polar surface area (TPSA) is 79.8 Å². The molecule has 2 rings (SSSR count). The Morgan fingerprint density at radius 3 is 2.78 bits per heavy atom. The number of aliphatic imine (C=N–C) groups is 1. The number of para-hydroxylation sites is 1. The Morgan fingerprint density at radius 2 is 1.93 bits per heavy atom. The highest BCUT2D eigenvalue weighted by molar-refractivity contribution is 5.80. The number of anilines is 1. The minimum atomic E-state index is 0.631. The van der Waals surface area contributed by atoms with Gasteiger partial charge in [-0.15, -0.1) is 0 Å². The van der Waals surface area contributed by atoms with Crippen molar-refractivity contribution in [3.63, 3.8) is 0 Å². The summed E-state index contributed by atoms with van der Waals surface area (Å²) in [5.41, 5.74) is 0.998. The standard InChI is InChI=1S/C20H31N5O2/c1-3-21-20(23-11-6-14-27-16-15-26-2)24-13-12-22-19-10-9-17-7-4-5-8-18(17)25-19/h4-5,7-10H,3,6,11-16H2,1-2H3,(H,22,25)(H2,21,23,24). The van der Waals surface area contributed by atoms with Gasteiger partial charge in [-0.3, -0.25) is 4.99 Å². The lowest BCUT2D eigenvalue weighted by Crippen LogP contribution is -2.39. The third-order valence-corrected chi connectivity index (χ3v) is 3.81. The van der Waals surface area contributed by atoms with Gasteiger partial charge in [-0.2, -0.15) is 0 Å². The summed E-state index contributed by atoms with van der Waals surface area (Å²) >= 11 is 0. The molecule has 7 nitrogen and oxygen atoms in total. The van der Waals surface area contributed by atoms with Crippen molar-refractivity contribution in [3.8, 4) is 0 Å². The number of nitrogens with zero attached hydrogens (tertiary/aromatic N) is 2. The first-order valence-corrected chi connectivity index (χ1v) is 9.52. The van der Waals surface area contributed by atoms with E-state index in [-0.39, 0.29) is 0 Å². The number of aromatic nitrogens is 1. The number of nitrogens with one attached hydrogen (secondary N) is 3. The van der Waals surface area contributed by atoms with Gasteiger partial charge in [0.15, 0.2) is 5.96 Å². The quantitative estimate of drug-likeness (QED) is 0.301. The van der Waals surface area contributed by atoms with Gasteiger partial charge in [0.05, 0.1) is 18.7 Å². The Kier molecular flexibility index (Phi) is 9.99. The molecule has 0 bridgehead atoms. The van der Waals surface area contributed by atoms with Crippen molar-refractivity contribution in [2.45, 2.75) is 13.3 Å². The molecule has 0 fully saturated rings. The average Bonchev–Trinajstić information content (AvgIpc) is 2.70. The van der Waals surface area contributed by atoms with Crippen LogP contribution in [0.3, 0.4) is 0 Å². The fourth-order valence-electron chi connectivity index (χ4n) is 2.48. The van der Waals surface area contributed by atoms with E-state index in [0.717, 1.165) is 55.3 Å². The predicted molar refractivity (Wildman–Crippen MR) is 112 cm³/mol. The second-order valence-corrected chi connectivity index (χ2v) is 5.96. The largest absolute Gasteiger partial charge is 0.382 e. The first-order valence-electron chi connectivity index (χ1n) is 9.52. The molecule has 0 amide bonds. The van der Waals surface area contributed by atoms with E-state index < -0.39 is 0 Å². The second-order valence-electron chi connectivity index (χ2n) is 5.96. The van der Waals surface area contributed by atoms with Crippen LogP contribution in [0.2, 0.25) is 0 Å². The molecule has 3 N–H and O–H groups in total. The maximum absolute atomic E-state index is 5.44. The van der Waals surface area contributed by atoms with Gasteiger partial charge in [-0.25, -0.2) is 4.98 Å². The summed E-state index contributed by atoms with van der Waals surface area (Å²) < 4.78 is 10.4. The van der Waals surface area contributed by atoms with Gasteiger partial charge in [0.2, 0.25) is 0 Å². The highest BCUT2D eigenvalue weighted by Crippen LogP contribution is 2.13. The molecule has 0 aliphatic heterocycles. The molecular formula is C20H31N5O2. The number of hydrogen-bond donors (Lipinski definition) is 3. The lowest BCUT2D eigenvalue weighted by molar-refractivity contribution is 0.0702. The maximum Gasteiger partial charge on any atom is 0.191 e. The first-order chi connectivity index (χ1) is 13.3. The summed E-state index contributed by atoms with van der Waals surface area (Å²) in [5, 5.41) is 11.1. The summed E-state index contributed by atoms with van der Waals surface area (Å²) in [5.74, 6) is 1.70. The SMILES string of the molecule is CCNC(=NCCCOCCOC)NCCNc1ccc2ccccc2n1. The van der Waals surface area contributed by atoms with Gasteiger partial charge in [0.1, 0.15) is 5.82 Å². The molecule has 0 spiro atoms. The van der Waals surface area contributed by atoms with Crippen molar-refractivity contribution >= 4 is 22.7 Å². The number of benzene rings is 1. The molecule has 0 radical (unpaired) electrons. The third kappa shape index (κ3) is 8.23. The Labute approximate surface area is 161 Å². The molecule has 0 unspecified atom stereocenters. The summed E-state index contributed by atoms with van der Waals surface area (Å²) in [4.78, 5) is 9.17. The zero-order valence-electron chi connectivity index (χ0n) is 16.3. The van der Waals surface area contributed by atoms with Crippen LogP contribution in [0.25, 0.3) is 10.9 Å². The Morgan fingerprint density at radius 1 is 1.04 bits per heavy atom. The van der Waals surface area contributed by atoms with Crippen LogP contribution >= 0.6 is 0 Å². The maximum atomic E-state index is 5.44. The van der Waals surface area contributed by atoms with Gasteiger partial charge in [0, 0.05) is 45.3 Å². The van der Waals surface area contributed by atoms with Crippen molar-refractivity contribution in [2.75, 3.05) is 58.4 Å². The van der Waals surface area contributed by atoms with Gasteiger partial charge in [-0.05, 0) is 31.5 Å². The van der Waals surface area contributed by atoms with Crippen molar-refractivity contribution in [2.24, 2.45) is 4.99 Å². The third-order valence-electron chi connectivity index (χ3n) is 3.81. The molecule has 148 valence electrons. The lowest BCUT2D eigenvalue weighted by Gasteiger charge is -2.12. The van der Waals surface area contributed by atoms with Gasteiger partial charge >= 0.3 is 0 Å². The molecule has 1 aromatic carbocycles. The number of rotatable bonds is 12. The number of fused-ring (bicyclic) bond motifs is 1. The normalized spacial score (nSPS) is 11.6. The number of methoxy groups -OCH3 is 1. The number of hydrogen-bond acceptors (Lipinski definition) is 5. The van der Waals surface area contributed by atoms with Crippen molar-refractivity contribution in [1.29, 1.82) is 0 Å². The highest BCUT2D eigenvalue weighted by Gasteiger charge is 1.99. The first kappa shape index (κ1) is 20.9. The van der Waals surface area contributed by atoms with Crippen LogP contribution in [0.1, 0.15) is 13.3 Å². The summed E-state index contributed by atoms with van der Waals surface area (Å²) in [6.07, 6.45) is 0.888. The zero-order chi connectivity index (χ0) is 19.2. The van der Waals surface area contributed by atoms with Crippen LogP contribution in [0, 0.1) is 0 Å². The van der Waals surface area contributed by atoms with E-state index in [4.69, 9.17) is 9.47 Å². The predicted octanol–water partition coefficient (Wildman–Crippen LogP) is 2.25. The number of guanidine groups is 1. The monoisotopic (exact) mass is 373 g/mol. The fraction of sp³-hybridized carbons (Fsp3) is 0.500. The van der Waals surface area contributed by atoms with Crippen LogP contribution in [-0.2, 0) is 9.47 Å². The average molecular weight is 374 g/mol. The summed E-state index contributed by atoms with van der Waals surface area (Å²) in [6.45, 7) is 7.08. The molecule has 27 heavy (non-hydrogen) atoms. The van der Waals surface area contributed by atoms with Gasteiger partial charge in [0.25, 0.3) is 0 Å². The van der Waals surface area contributed by atoms with E-state index >= 15 is 0 Å². The van der Waals surface area contributed by atoms with E-state index in [1.807, 2.05) is 24.3 Å². The second kappa shape index (κ2) is 12.9. The van der Waals surface area contributed by atoms with E-state index in [0.29, 0.717) is 19.8 Å². The van der Waals surface area contributed by atoms with E-state index in [9.17, 15) is 0 Å². The van der Waals surface area contributed by atoms with E-state index in [2.05, 4.69) is 45.0 Å². The van der Waals surface area contributed by atoms with Crippen molar-refractivity contribution in [3.05, 3.63) is 36.4 Å². The lowest BCUT2D eigenvalue weighted by atomic mass is 10.2. The van der Waals surface area contributed by atoms with Gasteiger partial charge in [-0.1, -0.05) is 18.2 Å². The summed E-state index contributed by atoms with van der Waals surface area (Å²) in [7, 11) is 1.67. The molecule has 0 aliphatic carbocycles. The van der Waals surface area contributed by atoms with Crippen LogP contribution in [0.4, 0.5) is 5.82 Å². The molecule has 0 atom stereocenters. The molecule has 0 aliphatic rings. The Bertz CT molecular complexity index is 693. The van der Waals surface area contributed by atoms with Crippen LogP contribution in [0.15, 0.2) is 41.4 Å². The minimum Gasteiger partial charge on any atom is -0.382 e. The fourth-order valence-corrected chi connectivity index (χ4v) is 2.48. The summed E-state index contributed by atoms with van der Waals surface area (Å²) in [6, 6.07) is 12.2. The highest BCUT2D eigenvalue weighted by atomic mass is 16.5. The van der Waals surface area contributed by atoms with Crippen LogP contribution in [0.5, 0.6) is 0 Å². The number of ether oxygens (including phenoxy) is 2. The Hall–Kier alpha value is -2.38. The van der Waals surface area contributed by atoms with E-state index in [1.165, 1.54) is 0 Å². The van der Waals surface area contributed by atoms with Crippen molar-refractivity contribution < 1.29 is 9.47 Å². The van der Waals surface area contributed by atoms with Crippen LogP contribution < -0.4 is 16.0 Å². The Balaban J connectivity index is 1.67. The smallest absolute Gasteiger partial charge is 0.191 e. The molecular weight excluding hydrogens is 342 g/mol. The van der Waals surface area contributed by atoms with Crippen LogP contribution in [-0.4, -0.2) is 64.1 Å². The molecule has 2 aromatic rings. The molecule has 1 aromatic heterocycles.